The standard InChI is InChI=1S/C13H19N3O4S/c1-15-5-7-16(8-6-15)12-4-3-10(14-21(2,19)20)9-11(12)13(17)18/h3-4,9,14H,5-8H2,1-2H3,(H,17,18). The van der Waals surface area contributed by atoms with Crippen LogP contribution in [0.3, 0.4) is 0 Å². The number of rotatable bonds is 4. The number of carboxylic acid groups (broad SMARTS) is 1. The molecule has 1 aliphatic rings. The molecule has 7 nitrogen and oxygen atoms in total. The molecule has 1 heterocycles. The molecule has 2 rings (SSSR count). The SMILES string of the molecule is CN1CCN(c2ccc(NS(C)(=O)=O)cc2C(=O)O)CC1. The van der Waals surface area contributed by atoms with Gasteiger partial charge in [0.2, 0.25) is 10.0 Å². The highest BCUT2D eigenvalue weighted by atomic mass is 32.2. The molecule has 0 aromatic heterocycles. The highest BCUT2D eigenvalue weighted by Crippen LogP contribution is 2.26. The number of hydrogen-bond acceptors (Lipinski definition) is 5. The maximum absolute atomic E-state index is 11.4. The molecule has 0 atom stereocenters. The average Bonchev–Trinajstić information content (AvgIpc) is 2.38. The lowest BCUT2D eigenvalue weighted by atomic mass is 10.1. The number of carboxylic acids is 1. The van der Waals surface area contributed by atoms with Crippen LogP contribution in [0.4, 0.5) is 11.4 Å². The summed E-state index contributed by atoms with van der Waals surface area (Å²) in [5, 5.41) is 9.36. The second-order valence-corrected chi connectivity index (χ2v) is 6.95. The molecule has 21 heavy (non-hydrogen) atoms. The monoisotopic (exact) mass is 313 g/mol. The lowest BCUT2D eigenvalue weighted by Gasteiger charge is -2.34. The van der Waals surface area contributed by atoms with Crippen LogP contribution in [0.1, 0.15) is 10.4 Å². The van der Waals surface area contributed by atoms with Crippen LogP contribution in [0.5, 0.6) is 0 Å². The minimum atomic E-state index is -3.43. The van der Waals surface area contributed by atoms with Crippen LogP contribution in [-0.2, 0) is 10.0 Å². The van der Waals surface area contributed by atoms with Gasteiger partial charge >= 0.3 is 5.97 Å². The summed E-state index contributed by atoms with van der Waals surface area (Å²) in [6.45, 7) is 3.22. The number of aromatic carboxylic acids is 1. The van der Waals surface area contributed by atoms with Crippen molar-refractivity contribution in [1.82, 2.24) is 4.90 Å². The van der Waals surface area contributed by atoms with E-state index in [4.69, 9.17) is 0 Å². The van der Waals surface area contributed by atoms with Gasteiger partial charge in [-0.2, -0.15) is 0 Å². The first-order chi connectivity index (χ1) is 9.76. The van der Waals surface area contributed by atoms with E-state index in [9.17, 15) is 18.3 Å². The fourth-order valence-electron chi connectivity index (χ4n) is 2.31. The van der Waals surface area contributed by atoms with Crippen molar-refractivity contribution < 1.29 is 18.3 Å². The Hall–Kier alpha value is -1.80. The summed E-state index contributed by atoms with van der Waals surface area (Å²) in [6, 6.07) is 4.60. The Morgan fingerprint density at radius 1 is 1.24 bits per heavy atom. The van der Waals surface area contributed by atoms with Crippen LogP contribution in [0.25, 0.3) is 0 Å². The zero-order valence-corrected chi connectivity index (χ0v) is 12.9. The molecule has 1 aliphatic heterocycles. The first-order valence-corrected chi connectivity index (χ1v) is 8.44. The summed E-state index contributed by atoms with van der Waals surface area (Å²) >= 11 is 0. The predicted molar refractivity (Wildman–Crippen MR) is 81.6 cm³/mol. The van der Waals surface area contributed by atoms with Crippen molar-refractivity contribution in [2.75, 3.05) is 49.1 Å². The van der Waals surface area contributed by atoms with Crippen molar-refractivity contribution >= 4 is 27.4 Å². The molecule has 0 saturated carbocycles. The Labute approximate surface area is 124 Å². The summed E-state index contributed by atoms with van der Waals surface area (Å²) in [5.41, 5.74) is 0.982. The Morgan fingerprint density at radius 2 is 1.86 bits per heavy atom. The molecular weight excluding hydrogens is 294 g/mol. The Kier molecular flexibility index (Phi) is 4.38. The lowest BCUT2D eigenvalue weighted by Crippen LogP contribution is -2.45. The van der Waals surface area contributed by atoms with Crippen molar-refractivity contribution in [3.8, 4) is 0 Å². The van der Waals surface area contributed by atoms with E-state index in [1.165, 1.54) is 6.07 Å². The van der Waals surface area contributed by atoms with E-state index in [1.807, 2.05) is 11.9 Å². The third-order valence-electron chi connectivity index (χ3n) is 3.37. The highest BCUT2D eigenvalue weighted by Gasteiger charge is 2.20. The lowest BCUT2D eigenvalue weighted by molar-refractivity contribution is 0.0697. The summed E-state index contributed by atoms with van der Waals surface area (Å²) in [4.78, 5) is 15.6. The van der Waals surface area contributed by atoms with E-state index in [-0.39, 0.29) is 11.3 Å². The second kappa shape index (κ2) is 5.90. The van der Waals surface area contributed by atoms with Gasteiger partial charge in [-0.3, -0.25) is 4.72 Å². The van der Waals surface area contributed by atoms with Gasteiger partial charge in [0.05, 0.1) is 17.5 Å². The third kappa shape index (κ3) is 4.08. The van der Waals surface area contributed by atoms with Gasteiger partial charge in [0, 0.05) is 31.9 Å². The van der Waals surface area contributed by atoms with E-state index >= 15 is 0 Å². The van der Waals surface area contributed by atoms with E-state index in [2.05, 4.69) is 9.62 Å². The summed E-state index contributed by atoms with van der Waals surface area (Å²) in [6.07, 6.45) is 1.03. The summed E-state index contributed by atoms with van der Waals surface area (Å²) < 4.78 is 24.8. The molecule has 0 unspecified atom stereocenters. The number of hydrogen-bond donors (Lipinski definition) is 2. The van der Waals surface area contributed by atoms with Gasteiger partial charge in [-0.1, -0.05) is 0 Å². The van der Waals surface area contributed by atoms with Crippen LogP contribution >= 0.6 is 0 Å². The van der Waals surface area contributed by atoms with Gasteiger partial charge in [-0.25, -0.2) is 13.2 Å². The van der Waals surface area contributed by atoms with Gasteiger partial charge < -0.3 is 14.9 Å². The van der Waals surface area contributed by atoms with Crippen molar-refractivity contribution in [2.24, 2.45) is 0 Å². The average molecular weight is 313 g/mol. The zero-order chi connectivity index (χ0) is 15.6. The summed E-state index contributed by atoms with van der Waals surface area (Å²) in [7, 11) is -1.41. The van der Waals surface area contributed by atoms with Gasteiger partial charge in [-0.05, 0) is 25.2 Å². The van der Waals surface area contributed by atoms with E-state index in [0.29, 0.717) is 5.69 Å². The largest absolute Gasteiger partial charge is 0.478 e. The minimum Gasteiger partial charge on any atom is -0.478 e. The Bertz CT molecular complexity index is 637. The van der Waals surface area contributed by atoms with E-state index in [0.717, 1.165) is 32.4 Å². The molecule has 0 radical (unpaired) electrons. The molecule has 2 N–H and O–H groups in total. The molecule has 0 aliphatic carbocycles. The van der Waals surface area contributed by atoms with Crippen molar-refractivity contribution in [3.63, 3.8) is 0 Å². The number of nitrogens with zero attached hydrogens (tertiary/aromatic N) is 2. The molecule has 8 heteroatoms. The van der Waals surface area contributed by atoms with Crippen LogP contribution < -0.4 is 9.62 Å². The molecule has 0 spiro atoms. The topological polar surface area (TPSA) is 90.0 Å². The molecular formula is C13H19N3O4S. The first-order valence-electron chi connectivity index (χ1n) is 6.55. The number of likely N-dealkylation sites (N-methyl/N-ethyl adjacent to an activating group) is 1. The molecule has 0 bridgehead atoms. The normalized spacial score (nSPS) is 16.8. The predicted octanol–water partition coefficient (Wildman–Crippen LogP) is 0.508. The Morgan fingerprint density at radius 3 is 2.38 bits per heavy atom. The zero-order valence-electron chi connectivity index (χ0n) is 12.0. The first kappa shape index (κ1) is 15.6. The third-order valence-corrected chi connectivity index (χ3v) is 3.98. The van der Waals surface area contributed by atoms with Crippen LogP contribution in [0, 0.1) is 0 Å². The molecule has 1 aromatic carbocycles. The van der Waals surface area contributed by atoms with E-state index < -0.39 is 16.0 Å². The molecule has 1 aromatic rings. The molecule has 1 saturated heterocycles. The number of piperazine rings is 1. The number of sulfonamides is 1. The van der Waals surface area contributed by atoms with Crippen molar-refractivity contribution in [2.45, 2.75) is 0 Å². The molecule has 0 amide bonds. The van der Waals surface area contributed by atoms with Crippen LogP contribution in [0.2, 0.25) is 0 Å². The number of benzene rings is 1. The van der Waals surface area contributed by atoms with E-state index in [1.54, 1.807) is 12.1 Å². The number of nitrogens with one attached hydrogen (secondary N) is 1. The van der Waals surface area contributed by atoms with Gasteiger partial charge in [0.15, 0.2) is 0 Å². The molecule has 1 fully saturated rings. The van der Waals surface area contributed by atoms with Gasteiger partial charge in [-0.15, -0.1) is 0 Å². The molecule has 116 valence electrons. The fourth-order valence-corrected chi connectivity index (χ4v) is 2.86. The Balaban J connectivity index is 2.31. The number of anilines is 2. The highest BCUT2D eigenvalue weighted by molar-refractivity contribution is 7.92. The van der Waals surface area contributed by atoms with Crippen LogP contribution in [0.15, 0.2) is 18.2 Å². The summed E-state index contributed by atoms with van der Waals surface area (Å²) in [5.74, 6) is -1.07. The second-order valence-electron chi connectivity index (χ2n) is 5.20. The quantitative estimate of drug-likeness (QED) is 0.842. The van der Waals surface area contributed by atoms with Gasteiger partial charge in [0.1, 0.15) is 0 Å². The van der Waals surface area contributed by atoms with Crippen molar-refractivity contribution in [1.29, 1.82) is 0 Å². The van der Waals surface area contributed by atoms with Crippen LogP contribution in [-0.4, -0.2) is 63.9 Å². The minimum absolute atomic E-state index is 0.105. The van der Waals surface area contributed by atoms with Gasteiger partial charge in [0.25, 0.3) is 0 Å². The maximum Gasteiger partial charge on any atom is 0.337 e. The smallest absolute Gasteiger partial charge is 0.337 e. The fraction of sp³-hybridized carbons (Fsp3) is 0.462. The van der Waals surface area contributed by atoms with Crippen molar-refractivity contribution in [3.05, 3.63) is 23.8 Å². The number of carbonyl (C=O) groups is 1. The maximum atomic E-state index is 11.4.